The summed E-state index contributed by atoms with van der Waals surface area (Å²) < 4.78 is 55.7. The van der Waals surface area contributed by atoms with E-state index in [1.165, 1.54) is 28.6 Å². The number of benzene rings is 4. The zero-order valence-electron chi connectivity index (χ0n) is 19.7. The Hall–Kier alpha value is -3.35. The van der Waals surface area contributed by atoms with Gasteiger partial charge in [0.05, 0.1) is 4.90 Å². The molecule has 0 aromatic heterocycles. The Morgan fingerprint density at radius 2 is 1.20 bits per heavy atom. The molecular formula is C29H27F2NO2S. The van der Waals surface area contributed by atoms with Gasteiger partial charge in [0.1, 0.15) is 11.6 Å². The fourth-order valence-corrected chi connectivity index (χ4v) is 5.37. The first kappa shape index (κ1) is 24.8. The van der Waals surface area contributed by atoms with Gasteiger partial charge in [-0.05, 0) is 83.6 Å². The van der Waals surface area contributed by atoms with E-state index in [1.807, 2.05) is 32.0 Å². The monoisotopic (exact) mass is 491 g/mol. The second kappa shape index (κ2) is 10.5. The average molecular weight is 492 g/mol. The van der Waals surface area contributed by atoms with Crippen molar-refractivity contribution in [2.24, 2.45) is 0 Å². The molecule has 6 heteroatoms. The van der Waals surface area contributed by atoms with Gasteiger partial charge in [-0.3, -0.25) is 0 Å². The molecule has 0 aliphatic carbocycles. The zero-order valence-corrected chi connectivity index (χ0v) is 20.5. The number of halogens is 2. The standard InChI is InChI=1S/C29H27F2NO2S/c1-3-22-16-24(18-26(17-22)25-8-12-28(31)13-9-25)20-32(19-23-6-10-27(30)11-7-23)35(33,34)29-14-4-21(2)5-15-29/h4-18H,3,19-20H2,1-2H3. The van der Waals surface area contributed by atoms with Gasteiger partial charge < -0.3 is 0 Å². The highest BCUT2D eigenvalue weighted by Gasteiger charge is 2.25. The van der Waals surface area contributed by atoms with E-state index in [0.29, 0.717) is 5.56 Å². The zero-order chi connectivity index (χ0) is 25.0. The number of hydrogen-bond donors (Lipinski definition) is 0. The summed E-state index contributed by atoms with van der Waals surface area (Å²) in [7, 11) is -3.84. The Morgan fingerprint density at radius 3 is 1.80 bits per heavy atom. The first-order chi connectivity index (χ1) is 16.7. The van der Waals surface area contributed by atoms with Crippen molar-refractivity contribution in [3.8, 4) is 11.1 Å². The van der Waals surface area contributed by atoms with Crippen molar-refractivity contribution in [1.29, 1.82) is 0 Å². The highest BCUT2D eigenvalue weighted by molar-refractivity contribution is 7.89. The highest BCUT2D eigenvalue weighted by Crippen LogP contribution is 2.27. The Bertz CT molecular complexity index is 1400. The molecule has 4 aromatic carbocycles. The minimum Gasteiger partial charge on any atom is -0.207 e. The van der Waals surface area contributed by atoms with Gasteiger partial charge in [-0.1, -0.05) is 61.0 Å². The van der Waals surface area contributed by atoms with Crippen LogP contribution in [0.1, 0.15) is 29.2 Å². The van der Waals surface area contributed by atoms with Crippen molar-refractivity contribution < 1.29 is 17.2 Å². The van der Waals surface area contributed by atoms with Crippen LogP contribution in [0.15, 0.2) is 95.9 Å². The summed E-state index contributed by atoms with van der Waals surface area (Å²) in [5.74, 6) is -0.684. The molecule has 0 atom stereocenters. The molecule has 180 valence electrons. The van der Waals surface area contributed by atoms with Crippen molar-refractivity contribution in [1.82, 2.24) is 4.31 Å². The maximum absolute atomic E-state index is 13.7. The summed E-state index contributed by atoms with van der Waals surface area (Å²) >= 11 is 0. The van der Waals surface area contributed by atoms with Gasteiger partial charge in [-0.25, -0.2) is 17.2 Å². The topological polar surface area (TPSA) is 37.4 Å². The van der Waals surface area contributed by atoms with Crippen molar-refractivity contribution in [3.63, 3.8) is 0 Å². The molecule has 0 aliphatic heterocycles. The van der Waals surface area contributed by atoms with E-state index in [9.17, 15) is 17.2 Å². The summed E-state index contributed by atoms with van der Waals surface area (Å²) in [6, 6.07) is 24.8. The number of sulfonamides is 1. The lowest BCUT2D eigenvalue weighted by molar-refractivity contribution is 0.401. The van der Waals surface area contributed by atoms with E-state index in [1.54, 1.807) is 48.5 Å². The molecule has 0 unspecified atom stereocenters. The maximum atomic E-state index is 13.7. The first-order valence-corrected chi connectivity index (χ1v) is 12.9. The lowest BCUT2D eigenvalue weighted by Crippen LogP contribution is -2.30. The van der Waals surface area contributed by atoms with Gasteiger partial charge >= 0.3 is 0 Å². The van der Waals surface area contributed by atoms with E-state index in [0.717, 1.165) is 34.2 Å². The summed E-state index contributed by atoms with van der Waals surface area (Å²) in [5.41, 5.74) is 5.28. The molecule has 0 saturated heterocycles. The van der Waals surface area contributed by atoms with Crippen LogP contribution in [0, 0.1) is 18.6 Å². The van der Waals surface area contributed by atoms with E-state index >= 15 is 0 Å². The predicted octanol–water partition coefficient (Wildman–Crippen LogP) is 6.89. The minimum absolute atomic E-state index is 0.0960. The van der Waals surface area contributed by atoms with Gasteiger partial charge in [0.25, 0.3) is 0 Å². The van der Waals surface area contributed by atoms with Crippen LogP contribution in [0.25, 0.3) is 11.1 Å². The summed E-state index contributed by atoms with van der Waals surface area (Å²) in [4.78, 5) is 0.204. The molecule has 0 spiro atoms. The second-order valence-corrected chi connectivity index (χ2v) is 10.5. The van der Waals surface area contributed by atoms with Crippen LogP contribution >= 0.6 is 0 Å². The third-order valence-electron chi connectivity index (χ3n) is 5.93. The fourth-order valence-electron chi connectivity index (χ4n) is 3.95. The predicted molar refractivity (Wildman–Crippen MR) is 135 cm³/mol. The number of nitrogens with zero attached hydrogens (tertiary/aromatic N) is 1. The minimum atomic E-state index is -3.84. The summed E-state index contributed by atoms with van der Waals surface area (Å²) in [6.07, 6.45) is 0.769. The van der Waals surface area contributed by atoms with Crippen molar-refractivity contribution in [2.45, 2.75) is 38.3 Å². The van der Waals surface area contributed by atoms with Gasteiger partial charge in [-0.2, -0.15) is 4.31 Å². The van der Waals surface area contributed by atoms with Crippen LogP contribution in [-0.2, 0) is 29.5 Å². The molecule has 4 aromatic rings. The molecular weight excluding hydrogens is 464 g/mol. The molecule has 0 aliphatic rings. The summed E-state index contributed by atoms with van der Waals surface area (Å²) in [5, 5.41) is 0. The van der Waals surface area contributed by atoms with Gasteiger partial charge in [0, 0.05) is 13.1 Å². The Labute approximate surface area is 205 Å². The largest absolute Gasteiger partial charge is 0.243 e. The van der Waals surface area contributed by atoms with Crippen molar-refractivity contribution in [2.75, 3.05) is 0 Å². The summed E-state index contributed by atoms with van der Waals surface area (Å²) in [6.45, 7) is 4.17. The second-order valence-electron chi connectivity index (χ2n) is 8.61. The first-order valence-electron chi connectivity index (χ1n) is 11.4. The lowest BCUT2D eigenvalue weighted by atomic mass is 9.98. The van der Waals surface area contributed by atoms with Gasteiger partial charge in [0.2, 0.25) is 10.0 Å². The molecule has 4 rings (SSSR count). The van der Waals surface area contributed by atoms with Crippen LogP contribution in [0.5, 0.6) is 0 Å². The quantitative estimate of drug-likeness (QED) is 0.269. The van der Waals surface area contributed by atoms with E-state index in [4.69, 9.17) is 0 Å². The van der Waals surface area contributed by atoms with Crippen LogP contribution in [0.4, 0.5) is 8.78 Å². The molecule has 3 nitrogen and oxygen atoms in total. The van der Waals surface area contributed by atoms with Crippen LogP contribution in [0.2, 0.25) is 0 Å². The van der Waals surface area contributed by atoms with E-state index < -0.39 is 10.0 Å². The third kappa shape index (κ3) is 6.02. The highest BCUT2D eigenvalue weighted by atomic mass is 32.2. The maximum Gasteiger partial charge on any atom is 0.243 e. The van der Waals surface area contributed by atoms with Crippen LogP contribution < -0.4 is 0 Å². The van der Waals surface area contributed by atoms with Gasteiger partial charge in [-0.15, -0.1) is 0 Å². The van der Waals surface area contributed by atoms with Crippen LogP contribution in [0.3, 0.4) is 0 Å². The van der Waals surface area contributed by atoms with Crippen molar-refractivity contribution in [3.05, 3.63) is 125 Å². The number of aryl methyl sites for hydroxylation is 2. The molecule has 0 bridgehead atoms. The molecule has 0 amide bonds. The number of hydrogen-bond acceptors (Lipinski definition) is 2. The Kier molecular flexibility index (Phi) is 7.43. The normalized spacial score (nSPS) is 11.7. The van der Waals surface area contributed by atoms with E-state index in [2.05, 4.69) is 0 Å². The SMILES string of the molecule is CCc1cc(CN(Cc2ccc(F)cc2)S(=O)(=O)c2ccc(C)cc2)cc(-c2ccc(F)cc2)c1. The molecule has 0 fully saturated rings. The Morgan fingerprint density at radius 1 is 0.657 bits per heavy atom. The van der Waals surface area contributed by atoms with E-state index in [-0.39, 0.29) is 29.6 Å². The molecule has 0 N–H and O–H groups in total. The molecule has 0 saturated carbocycles. The molecule has 0 heterocycles. The Balaban J connectivity index is 1.74. The smallest absolute Gasteiger partial charge is 0.207 e. The third-order valence-corrected chi connectivity index (χ3v) is 7.73. The number of rotatable bonds is 8. The van der Waals surface area contributed by atoms with Crippen molar-refractivity contribution >= 4 is 10.0 Å². The fraction of sp³-hybridized carbons (Fsp3) is 0.172. The molecule has 35 heavy (non-hydrogen) atoms. The average Bonchev–Trinajstić information content (AvgIpc) is 2.85. The molecule has 0 radical (unpaired) electrons. The lowest BCUT2D eigenvalue weighted by Gasteiger charge is -2.23. The van der Waals surface area contributed by atoms with Crippen LogP contribution in [-0.4, -0.2) is 12.7 Å². The van der Waals surface area contributed by atoms with Gasteiger partial charge in [0.15, 0.2) is 0 Å².